The van der Waals surface area contributed by atoms with Crippen LogP contribution in [0.3, 0.4) is 0 Å². The lowest BCUT2D eigenvalue weighted by atomic mass is 10.0. The number of aliphatic hydroxyl groups is 1. The average molecular weight is 292 g/mol. The highest BCUT2D eigenvalue weighted by atomic mass is 16.6. The van der Waals surface area contributed by atoms with Crippen LogP contribution in [0.15, 0.2) is 18.2 Å². The number of hydrogen-bond donors (Lipinski definition) is 1. The Bertz CT molecular complexity index is 565. The second-order valence-electron chi connectivity index (χ2n) is 5.87. The maximum atomic E-state index is 12.5. The van der Waals surface area contributed by atoms with Crippen molar-refractivity contribution < 1.29 is 14.8 Å². The van der Waals surface area contributed by atoms with Crippen molar-refractivity contribution in [1.82, 2.24) is 4.90 Å². The van der Waals surface area contributed by atoms with E-state index in [1.54, 1.807) is 20.0 Å². The van der Waals surface area contributed by atoms with Crippen LogP contribution in [0.1, 0.15) is 41.6 Å². The van der Waals surface area contributed by atoms with Gasteiger partial charge in [0.15, 0.2) is 0 Å². The van der Waals surface area contributed by atoms with E-state index in [1.807, 2.05) is 0 Å². The molecule has 0 saturated heterocycles. The van der Waals surface area contributed by atoms with Crippen molar-refractivity contribution in [3.63, 3.8) is 0 Å². The van der Waals surface area contributed by atoms with Gasteiger partial charge in [-0.3, -0.25) is 14.9 Å². The molecule has 1 amide bonds. The molecule has 0 radical (unpaired) electrons. The number of nitro benzene ring substituents is 1. The number of amides is 1. The van der Waals surface area contributed by atoms with E-state index in [-0.39, 0.29) is 17.8 Å². The molecule has 1 aliphatic rings. The molecule has 6 nitrogen and oxygen atoms in total. The van der Waals surface area contributed by atoms with Gasteiger partial charge in [0.05, 0.1) is 10.5 Å². The second-order valence-corrected chi connectivity index (χ2v) is 5.87. The van der Waals surface area contributed by atoms with Crippen molar-refractivity contribution >= 4 is 11.6 Å². The Morgan fingerprint density at radius 3 is 2.62 bits per heavy atom. The third kappa shape index (κ3) is 3.39. The van der Waals surface area contributed by atoms with E-state index >= 15 is 0 Å². The highest BCUT2D eigenvalue weighted by molar-refractivity contribution is 5.98. The molecule has 114 valence electrons. The maximum Gasteiger partial charge on any atom is 0.282 e. The SMILES string of the molecule is Cc1ccc([N+](=O)[O-])c(C(=O)N(C)CC2(O)CCCC2)c1. The zero-order valence-corrected chi connectivity index (χ0v) is 12.3. The molecular formula is C15H20N2O4. The van der Waals surface area contributed by atoms with E-state index in [0.717, 1.165) is 18.4 Å². The Morgan fingerprint density at radius 1 is 1.43 bits per heavy atom. The summed E-state index contributed by atoms with van der Waals surface area (Å²) in [5, 5.41) is 21.4. The highest BCUT2D eigenvalue weighted by Gasteiger charge is 2.34. The van der Waals surface area contributed by atoms with Gasteiger partial charge in [0.1, 0.15) is 5.56 Å². The molecule has 0 spiro atoms. The van der Waals surface area contributed by atoms with Gasteiger partial charge in [-0.15, -0.1) is 0 Å². The van der Waals surface area contributed by atoms with Crippen LogP contribution in [0.4, 0.5) is 5.69 Å². The normalized spacial score (nSPS) is 16.7. The molecule has 1 aromatic carbocycles. The smallest absolute Gasteiger partial charge is 0.282 e. The molecule has 0 bridgehead atoms. The minimum atomic E-state index is -0.858. The van der Waals surface area contributed by atoms with Crippen LogP contribution in [0.2, 0.25) is 0 Å². The lowest BCUT2D eigenvalue weighted by Gasteiger charge is -2.28. The number of nitrogens with zero attached hydrogens (tertiary/aromatic N) is 2. The molecule has 1 fully saturated rings. The first-order valence-electron chi connectivity index (χ1n) is 7.05. The summed E-state index contributed by atoms with van der Waals surface area (Å²) in [6.07, 6.45) is 3.23. The van der Waals surface area contributed by atoms with E-state index in [1.165, 1.54) is 17.0 Å². The van der Waals surface area contributed by atoms with E-state index < -0.39 is 16.4 Å². The van der Waals surface area contributed by atoms with Crippen molar-refractivity contribution in [3.8, 4) is 0 Å². The van der Waals surface area contributed by atoms with Crippen LogP contribution in [0.5, 0.6) is 0 Å². The van der Waals surface area contributed by atoms with E-state index in [0.29, 0.717) is 12.8 Å². The van der Waals surface area contributed by atoms with Crippen LogP contribution >= 0.6 is 0 Å². The van der Waals surface area contributed by atoms with Crippen LogP contribution < -0.4 is 0 Å². The molecular weight excluding hydrogens is 272 g/mol. The largest absolute Gasteiger partial charge is 0.388 e. The van der Waals surface area contributed by atoms with Crippen LogP contribution in [-0.4, -0.2) is 40.0 Å². The molecule has 0 aliphatic heterocycles. The predicted octanol–water partition coefficient (Wildman–Crippen LogP) is 2.28. The number of carbonyl (C=O) groups is 1. The van der Waals surface area contributed by atoms with Crippen molar-refractivity contribution in [2.45, 2.75) is 38.2 Å². The minimum Gasteiger partial charge on any atom is -0.388 e. The first kappa shape index (κ1) is 15.4. The molecule has 1 aliphatic carbocycles. The van der Waals surface area contributed by atoms with Gasteiger partial charge in [0.25, 0.3) is 11.6 Å². The second kappa shape index (κ2) is 5.81. The van der Waals surface area contributed by atoms with Crippen LogP contribution in [0.25, 0.3) is 0 Å². The van der Waals surface area contributed by atoms with E-state index in [2.05, 4.69) is 0 Å². The fourth-order valence-electron chi connectivity index (χ4n) is 2.89. The zero-order chi connectivity index (χ0) is 15.6. The number of hydrogen-bond acceptors (Lipinski definition) is 4. The third-order valence-corrected chi connectivity index (χ3v) is 3.99. The number of nitro groups is 1. The Balaban J connectivity index is 2.22. The summed E-state index contributed by atoms with van der Waals surface area (Å²) >= 11 is 0. The first-order chi connectivity index (χ1) is 9.82. The maximum absolute atomic E-state index is 12.5. The molecule has 1 saturated carbocycles. The number of likely N-dealkylation sites (N-methyl/N-ethyl adjacent to an activating group) is 1. The summed E-state index contributed by atoms with van der Waals surface area (Å²) in [5.41, 5.74) is -0.194. The topological polar surface area (TPSA) is 83.7 Å². The van der Waals surface area contributed by atoms with Crippen molar-refractivity contribution in [1.29, 1.82) is 0 Å². The monoisotopic (exact) mass is 292 g/mol. The van der Waals surface area contributed by atoms with Crippen LogP contribution in [0, 0.1) is 17.0 Å². The Labute approximate surface area is 123 Å². The van der Waals surface area contributed by atoms with Gasteiger partial charge < -0.3 is 10.0 Å². The van der Waals surface area contributed by atoms with Crippen LogP contribution in [-0.2, 0) is 0 Å². The highest BCUT2D eigenvalue weighted by Crippen LogP contribution is 2.30. The summed E-state index contributed by atoms with van der Waals surface area (Å²) in [6.45, 7) is 1.99. The van der Waals surface area contributed by atoms with Crippen molar-refractivity contribution in [2.75, 3.05) is 13.6 Å². The summed E-state index contributed by atoms with van der Waals surface area (Å²) in [7, 11) is 1.57. The predicted molar refractivity (Wildman–Crippen MR) is 78.2 cm³/mol. The van der Waals surface area contributed by atoms with Gasteiger partial charge >= 0.3 is 0 Å². The Kier molecular flexibility index (Phi) is 4.27. The number of rotatable bonds is 4. The zero-order valence-electron chi connectivity index (χ0n) is 12.3. The van der Waals surface area contributed by atoms with Crippen molar-refractivity contribution in [2.24, 2.45) is 0 Å². The summed E-state index contributed by atoms with van der Waals surface area (Å²) < 4.78 is 0. The van der Waals surface area contributed by atoms with Gasteiger partial charge in [0, 0.05) is 19.7 Å². The van der Waals surface area contributed by atoms with Gasteiger partial charge in [-0.05, 0) is 31.4 Å². The molecule has 2 rings (SSSR count). The average Bonchev–Trinajstić information content (AvgIpc) is 2.83. The van der Waals surface area contributed by atoms with Gasteiger partial charge in [-0.2, -0.15) is 0 Å². The Morgan fingerprint density at radius 2 is 2.05 bits per heavy atom. The molecule has 0 unspecified atom stereocenters. The lowest BCUT2D eigenvalue weighted by molar-refractivity contribution is -0.385. The Hall–Kier alpha value is -1.95. The molecule has 0 atom stereocenters. The minimum absolute atomic E-state index is 0.0732. The van der Waals surface area contributed by atoms with Crippen molar-refractivity contribution in [3.05, 3.63) is 39.4 Å². The third-order valence-electron chi connectivity index (χ3n) is 3.99. The summed E-state index contributed by atoms with van der Waals surface area (Å²) in [5.74, 6) is -0.425. The number of aryl methyl sites for hydroxylation is 1. The molecule has 1 aromatic rings. The van der Waals surface area contributed by atoms with E-state index in [4.69, 9.17) is 0 Å². The van der Waals surface area contributed by atoms with Gasteiger partial charge in [0.2, 0.25) is 0 Å². The van der Waals surface area contributed by atoms with E-state index in [9.17, 15) is 20.0 Å². The molecule has 6 heteroatoms. The quantitative estimate of drug-likeness (QED) is 0.681. The standard InChI is InChI=1S/C15H20N2O4/c1-11-5-6-13(17(20)21)12(9-11)14(18)16(2)10-15(19)7-3-4-8-15/h5-6,9,19H,3-4,7-8,10H2,1-2H3. The lowest BCUT2D eigenvalue weighted by Crippen LogP contribution is -2.42. The number of benzene rings is 1. The fourth-order valence-corrected chi connectivity index (χ4v) is 2.89. The summed E-state index contributed by atoms with van der Waals surface area (Å²) in [4.78, 5) is 24.3. The summed E-state index contributed by atoms with van der Waals surface area (Å²) in [6, 6.07) is 4.48. The fraction of sp³-hybridized carbons (Fsp3) is 0.533. The first-order valence-corrected chi connectivity index (χ1v) is 7.05. The molecule has 21 heavy (non-hydrogen) atoms. The molecule has 1 N–H and O–H groups in total. The number of carbonyl (C=O) groups excluding carboxylic acids is 1. The molecule has 0 aromatic heterocycles. The van der Waals surface area contributed by atoms with Gasteiger partial charge in [-0.1, -0.05) is 18.9 Å². The molecule has 0 heterocycles. The van der Waals surface area contributed by atoms with Gasteiger partial charge in [-0.25, -0.2) is 0 Å².